The first kappa shape index (κ1) is 13.7. The second kappa shape index (κ2) is 5.46. The minimum atomic E-state index is 0.814. The summed E-state index contributed by atoms with van der Waals surface area (Å²) in [6, 6.07) is 12.4. The van der Waals surface area contributed by atoms with Crippen LogP contribution in [0.15, 0.2) is 58.6 Å². The Bertz CT molecular complexity index is 1010. The van der Waals surface area contributed by atoms with E-state index in [1.807, 2.05) is 30.6 Å². The molecule has 0 bridgehead atoms. The van der Waals surface area contributed by atoms with Gasteiger partial charge in [0.05, 0.1) is 17.3 Å². The van der Waals surface area contributed by atoms with Gasteiger partial charge in [-0.1, -0.05) is 24.3 Å². The van der Waals surface area contributed by atoms with Crippen molar-refractivity contribution in [2.45, 2.75) is 13.0 Å². The molecule has 5 rings (SSSR count). The molecule has 5 heteroatoms. The second-order valence-electron chi connectivity index (χ2n) is 5.91. The average Bonchev–Trinajstić information content (AvgIpc) is 3.29. The van der Waals surface area contributed by atoms with Gasteiger partial charge in [0.25, 0.3) is 0 Å². The molecule has 0 fully saturated rings. The fraction of sp³-hybridized carbons (Fsp3) is 0.158. The Morgan fingerprint density at radius 2 is 2.04 bits per heavy atom. The maximum absolute atomic E-state index is 6.00. The molecule has 0 radical (unpaired) electrons. The molecule has 1 aromatic carbocycles. The van der Waals surface area contributed by atoms with Crippen molar-refractivity contribution in [2.75, 3.05) is 11.4 Å². The van der Waals surface area contributed by atoms with Gasteiger partial charge in [-0.3, -0.25) is 4.98 Å². The molecule has 118 valence electrons. The smallest absolute Gasteiger partial charge is 0.148 e. The van der Waals surface area contributed by atoms with Crippen LogP contribution in [0.5, 0.6) is 0 Å². The molecule has 4 heterocycles. The average molecular weight is 333 g/mol. The van der Waals surface area contributed by atoms with Crippen LogP contribution in [0.3, 0.4) is 0 Å². The Kier molecular flexibility index (Phi) is 3.13. The first-order valence-electron chi connectivity index (χ1n) is 7.98. The number of thiophene rings is 1. The van der Waals surface area contributed by atoms with Crippen molar-refractivity contribution in [3.05, 3.63) is 65.5 Å². The van der Waals surface area contributed by atoms with Crippen LogP contribution in [0.25, 0.3) is 21.5 Å². The van der Waals surface area contributed by atoms with Crippen LogP contribution in [0.2, 0.25) is 0 Å². The number of aromatic nitrogens is 2. The number of fused-ring (bicyclic) bond motifs is 3. The summed E-state index contributed by atoms with van der Waals surface area (Å²) in [7, 11) is 0. The van der Waals surface area contributed by atoms with Gasteiger partial charge in [0, 0.05) is 30.5 Å². The topological polar surface area (TPSA) is 42.2 Å². The quantitative estimate of drug-likeness (QED) is 0.541. The Labute approximate surface area is 143 Å². The predicted octanol–water partition coefficient (Wildman–Crippen LogP) is 4.51. The molecule has 0 saturated carbocycles. The van der Waals surface area contributed by atoms with E-state index in [1.54, 1.807) is 11.3 Å². The lowest BCUT2D eigenvalue weighted by molar-refractivity contribution is 0.520. The normalized spacial score (nSPS) is 14.1. The van der Waals surface area contributed by atoms with Crippen molar-refractivity contribution in [2.24, 2.45) is 0 Å². The number of para-hydroxylation sites is 1. The summed E-state index contributed by atoms with van der Waals surface area (Å²) in [5.74, 6) is 2.03. The highest BCUT2D eigenvalue weighted by atomic mass is 32.1. The highest BCUT2D eigenvalue weighted by Gasteiger charge is 2.23. The molecule has 0 amide bonds. The van der Waals surface area contributed by atoms with Gasteiger partial charge in [-0.15, -0.1) is 11.3 Å². The molecule has 4 aromatic rings. The van der Waals surface area contributed by atoms with Crippen molar-refractivity contribution in [1.29, 1.82) is 0 Å². The Balaban J connectivity index is 1.52. The van der Waals surface area contributed by atoms with Gasteiger partial charge in [0.1, 0.15) is 22.9 Å². The third-order valence-corrected chi connectivity index (χ3v) is 5.35. The molecule has 4 nitrogen and oxygen atoms in total. The molecule has 0 atom stereocenters. The molecule has 1 aliphatic rings. The van der Waals surface area contributed by atoms with Crippen molar-refractivity contribution >= 4 is 28.1 Å². The maximum Gasteiger partial charge on any atom is 0.148 e. The number of hydrogen-bond donors (Lipinski definition) is 0. The zero-order chi connectivity index (χ0) is 15.9. The van der Waals surface area contributed by atoms with Crippen LogP contribution in [0, 0.1) is 0 Å². The second-order valence-corrected chi connectivity index (χ2v) is 6.86. The molecular weight excluding hydrogens is 318 g/mol. The largest absolute Gasteiger partial charge is 0.461 e. The fourth-order valence-corrected chi connectivity index (χ4v) is 3.96. The summed E-state index contributed by atoms with van der Waals surface area (Å²) in [6.45, 7) is 1.71. The lowest BCUT2D eigenvalue weighted by atomic mass is 10.0. The SMILES string of the molecule is c1csc(-c2cncc(N3CCc4oc5ccccc5c4C3)n2)c1. The number of hydrogen-bond acceptors (Lipinski definition) is 5. The van der Waals surface area contributed by atoms with Crippen LogP contribution in [-0.4, -0.2) is 16.5 Å². The van der Waals surface area contributed by atoms with Crippen molar-refractivity contribution in [3.63, 3.8) is 0 Å². The first-order chi connectivity index (χ1) is 11.9. The summed E-state index contributed by atoms with van der Waals surface area (Å²) in [6.07, 6.45) is 4.58. The van der Waals surface area contributed by atoms with E-state index in [4.69, 9.17) is 9.40 Å². The number of rotatable bonds is 2. The predicted molar refractivity (Wildman–Crippen MR) is 96.3 cm³/mol. The van der Waals surface area contributed by atoms with Gasteiger partial charge >= 0.3 is 0 Å². The number of anilines is 1. The standard InChI is InChI=1S/C19H15N3OS/c1-2-5-16-13(4-1)14-12-22(8-7-17(14)23-16)19-11-20-10-15(21-19)18-6-3-9-24-18/h1-6,9-11H,7-8,12H2. The monoisotopic (exact) mass is 333 g/mol. The van der Waals surface area contributed by atoms with Crippen LogP contribution < -0.4 is 4.90 Å². The number of benzene rings is 1. The van der Waals surface area contributed by atoms with E-state index >= 15 is 0 Å². The summed E-state index contributed by atoms with van der Waals surface area (Å²) in [4.78, 5) is 12.7. The van der Waals surface area contributed by atoms with Crippen LogP contribution in [-0.2, 0) is 13.0 Å². The molecular formula is C19H15N3OS. The molecule has 24 heavy (non-hydrogen) atoms. The van der Waals surface area contributed by atoms with E-state index < -0.39 is 0 Å². The van der Waals surface area contributed by atoms with E-state index in [0.29, 0.717) is 0 Å². The summed E-state index contributed by atoms with van der Waals surface area (Å²) < 4.78 is 6.00. The number of furan rings is 1. The minimum Gasteiger partial charge on any atom is -0.461 e. The fourth-order valence-electron chi connectivity index (χ4n) is 3.28. The zero-order valence-electron chi connectivity index (χ0n) is 13.0. The third-order valence-electron chi connectivity index (χ3n) is 4.46. The molecule has 0 spiro atoms. The Morgan fingerprint density at radius 3 is 2.96 bits per heavy atom. The Morgan fingerprint density at radius 1 is 1.08 bits per heavy atom. The van der Waals surface area contributed by atoms with Gasteiger partial charge in [0.15, 0.2) is 0 Å². The van der Waals surface area contributed by atoms with Crippen molar-refractivity contribution in [1.82, 2.24) is 9.97 Å². The zero-order valence-corrected chi connectivity index (χ0v) is 13.8. The van der Waals surface area contributed by atoms with Gasteiger partial charge in [0.2, 0.25) is 0 Å². The van der Waals surface area contributed by atoms with E-state index in [-0.39, 0.29) is 0 Å². The third kappa shape index (κ3) is 2.20. The van der Waals surface area contributed by atoms with E-state index in [9.17, 15) is 0 Å². The lowest BCUT2D eigenvalue weighted by Gasteiger charge is -2.27. The van der Waals surface area contributed by atoms with Gasteiger partial charge in [-0.05, 0) is 17.5 Å². The van der Waals surface area contributed by atoms with Crippen LogP contribution >= 0.6 is 11.3 Å². The van der Waals surface area contributed by atoms with E-state index in [1.165, 1.54) is 10.9 Å². The summed E-state index contributed by atoms with van der Waals surface area (Å²) >= 11 is 1.69. The summed E-state index contributed by atoms with van der Waals surface area (Å²) in [5, 5.41) is 3.27. The molecule has 0 aliphatic carbocycles. The van der Waals surface area contributed by atoms with Crippen LogP contribution in [0.1, 0.15) is 11.3 Å². The van der Waals surface area contributed by atoms with Crippen molar-refractivity contribution < 1.29 is 4.42 Å². The maximum atomic E-state index is 6.00. The molecule has 0 unspecified atom stereocenters. The van der Waals surface area contributed by atoms with Gasteiger partial charge < -0.3 is 9.32 Å². The highest BCUT2D eigenvalue weighted by Crippen LogP contribution is 2.32. The highest BCUT2D eigenvalue weighted by molar-refractivity contribution is 7.13. The van der Waals surface area contributed by atoms with E-state index in [2.05, 4.69) is 33.5 Å². The van der Waals surface area contributed by atoms with E-state index in [0.717, 1.165) is 47.2 Å². The number of nitrogens with zero attached hydrogens (tertiary/aromatic N) is 3. The molecule has 0 N–H and O–H groups in total. The first-order valence-corrected chi connectivity index (χ1v) is 8.86. The molecule has 1 aliphatic heterocycles. The Hall–Kier alpha value is -2.66. The van der Waals surface area contributed by atoms with Crippen molar-refractivity contribution in [3.8, 4) is 10.6 Å². The molecule has 0 saturated heterocycles. The minimum absolute atomic E-state index is 0.814. The lowest BCUT2D eigenvalue weighted by Crippen LogP contribution is -2.30. The van der Waals surface area contributed by atoms with Crippen LogP contribution in [0.4, 0.5) is 5.82 Å². The summed E-state index contributed by atoms with van der Waals surface area (Å²) in [5.41, 5.74) is 3.19. The van der Waals surface area contributed by atoms with Gasteiger partial charge in [-0.2, -0.15) is 0 Å². The molecule has 3 aromatic heterocycles. The van der Waals surface area contributed by atoms with Gasteiger partial charge in [-0.25, -0.2) is 4.98 Å².